The van der Waals surface area contributed by atoms with E-state index in [0.717, 1.165) is 39.0 Å². The van der Waals surface area contributed by atoms with Crippen molar-refractivity contribution < 1.29 is 4.79 Å². The molecule has 150 valence electrons. The van der Waals surface area contributed by atoms with Crippen molar-refractivity contribution in [2.24, 2.45) is 0 Å². The van der Waals surface area contributed by atoms with Crippen LogP contribution in [0.1, 0.15) is 49.8 Å². The zero-order valence-corrected chi connectivity index (χ0v) is 16.4. The summed E-state index contributed by atoms with van der Waals surface area (Å²) in [4.78, 5) is 17.2. The molecule has 0 saturated carbocycles. The highest BCUT2D eigenvalue weighted by molar-refractivity contribution is 5.74. The molecule has 2 aliphatic rings. The van der Waals surface area contributed by atoms with Gasteiger partial charge in [-0.25, -0.2) is 4.79 Å². The van der Waals surface area contributed by atoms with E-state index in [-0.39, 0.29) is 12.1 Å². The third kappa shape index (κ3) is 4.52. The molecule has 28 heavy (non-hydrogen) atoms. The third-order valence-corrected chi connectivity index (χ3v) is 6.07. The van der Waals surface area contributed by atoms with Gasteiger partial charge in [-0.3, -0.25) is 4.90 Å². The molecule has 2 amide bonds. The van der Waals surface area contributed by atoms with E-state index in [1.165, 1.54) is 24.8 Å². The molecule has 1 aromatic carbocycles. The van der Waals surface area contributed by atoms with Crippen LogP contribution >= 0.6 is 0 Å². The Hall–Kier alpha value is -2.41. The molecule has 1 N–H and O–H groups in total. The van der Waals surface area contributed by atoms with Gasteiger partial charge in [0.25, 0.3) is 0 Å². The van der Waals surface area contributed by atoms with Crippen molar-refractivity contribution in [3.8, 4) is 0 Å². The number of urea groups is 1. The second-order valence-electron chi connectivity index (χ2n) is 7.84. The summed E-state index contributed by atoms with van der Waals surface area (Å²) in [7, 11) is 0. The van der Waals surface area contributed by atoms with E-state index in [9.17, 15) is 4.79 Å². The van der Waals surface area contributed by atoms with Gasteiger partial charge in [0.05, 0.1) is 6.04 Å². The van der Waals surface area contributed by atoms with E-state index < -0.39 is 0 Å². The third-order valence-electron chi connectivity index (χ3n) is 6.07. The van der Waals surface area contributed by atoms with Crippen molar-refractivity contribution in [2.45, 2.75) is 44.2 Å². The predicted octanol–water partition coefficient (Wildman–Crippen LogP) is 2.85. The molecule has 2 fully saturated rings. The van der Waals surface area contributed by atoms with E-state index in [4.69, 9.17) is 0 Å². The Labute approximate surface area is 166 Å². The van der Waals surface area contributed by atoms with E-state index in [2.05, 4.69) is 55.3 Å². The number of piperidine rings is 2. The van der Waals surface area contributed by atoms with Gasteiger partial charge in [-0.05, 0) is 44.3 Å². The number of nitrogens with zero attached hydrogens (tertiary/aromatic N) is 5. The predicted molar refractivity (Wildman–Crippen MR) is 108 cm³/mol. The summed E-state index contributed by atoms with van der Waals surface area (Å²) in [6.45, 7) is 4.43. The Bertz CT molecular complexity index is 721. The van der Waals surface area contributed by atoms with Gasteiger partial charge < -0.3 is 14.8 Å². The Morgan fingerprint density at radius 2 is 1.68 bits per heavy atom. The summed E-state index contributed by atoms with van der Waals surface area (Å²) < 4.78 is 2.05. The smallest absolute Gasteiger partial charge is 0.317 e. The van der Waals surface area contributed by atoms with Crippen molar-refractivity contribution >= 4 is 6.03 Å². The normalized spacial score (nSPS) is 20.1. The molecule has 0 bridgehead atoms. The number of rotatable bonds is 5. The second-order valence-corrected chi connectivity index (χ2v) is 7.84. The molecular formula is C21H30N6O. The zero-order valence-electron chi connectivity index (χ0n) is 16.4. The minimum Gasteiger partial charge on any atom is -0.336 e. The Morgan fingerprint density at radius 1 is 1.00 bits per heavy atom. The molecule has 2 aromatic rings. The standard InChI is InChI=1S/C21H30N6O/c28-21(26-13-9-19(10-14-26)27-16-23-24-17-27)22-15-20(18-7-3-1-4-8-18)25-11-5-2-6-12-25/h1,3-4,7-8,16-17,19-20H,2,5-6,9-15H2,(H,22,28). The molecular weight excluding hydrogens is 352 g/mol. The molecule has 2 saturated heterocycles. The maximum Gasteiger partial charge on any atom is 0.317 e. The maximum atomic E-state index is 12.8. The Morgan fingerprint density at radius 3 is 2.36 bits per heavy atom. The van der Waals surface area contributed by atoms with Crippen LogP contribution in [0.25, 0.3) is 0 Å². The van der Waals surface area contributed by atoms with Crippen molar-refractivity contribution in [2.75, 3.05) is 32.7 Å². The number of hydrogen-bond acceptors (Lipinski definition) is 4. The van der Waals surface area contributed by atoms with Crippen molar-refractivity contribution in [1.82, 2.24) is 29.9 Å². The molecule has 2 aliphatic heterocycles. The number of carbonyl (C=O) groups excluding carboxylic acids is 1. The van der Waals surface area contributed by atoms with Crippen LogP contribution in [0.4, 0.5) is 4.79 Å². The average Bonchev–Trinajstić information content (AvgIpc) is 3.30. The highest BCUT2D eigenvalue weighted by Crippen LogP contribution is 2.25. The first-order chi connectivity index (χ1) is 13.8. The van der Waals surface area contributed by atoms with Gasteiger partial charge in [0.15, 0.2) is 0 Å². The maximum absolute atomic E-state index is 12.8. The fraction of sp³-hybridized carbons (Fsp3) is 0.571. The SMILES string of the molecule is O=C(NCC(c1ccccc1)N1CCCCC1)N1CCC(n2cnnc2)CC1. The molecule has 0 radical (unpaired) electrons. The first kappa shape index (κ1) is 18.9. The van der Waals surface area contributed by atoms with Gasteiger partial charge >= 0.3 is 6.03 Å². The van der Waals surface area contributed by atoms with Crippen LogP contribution in [0, 0.1) is 0 Å². The van der Waals surface area contributed by atoms with Crippen LogP contribution in [-0.4, -0.2) is 63.3 Å². The van der Waals surface area contributed by atoms with E-state index in [1.54, 1.807) is 12.7 Å². The fourth-order valence-corrected chi connectivity index (χ4v) is 4.42. The average molecular weight is 383 g/mol. The summed E-state index contributed by atoms with van der Waals surface area (Å²) in [6, 6.07) is 11.3. The van der Waals surface area contributed by atoms with Gasteiger partial charge in [0.2, 0.25) is 0 Å². The fourth-order valence-electron chi connectivity index (χ4n) is 4.42. The van der Waals surface area contributed by atoms with E-state index in [0.29, 0.717) is 12.6 Å². The first-order valence-corrected chi connectivity index (χ1v) is 10.5. The topological polar surface area (TPSA) is 66.3 Å². The van der Waals surface area contributed by atoms with Crippen molar-refractivity contribution in [3.63, 3.8) is 0 Å². The molecule has 7 heteroatoms. The lowest BCUT2D eigenvalue weighted by Gasteiger charge is -2.36. The molecule has 0 spiro atoms. The highest BCUT2D eigenvalue weighted by atomic mass is 16.2. The van der Waals surface area contributed by atoms with Crippen LogP contribution in [0.5, 0.6) is 0 Å². The van der Waals surface area contributed by atoms with Gasteiger partial charge in [-0.15, -0.1) is 10.2 Å². The van der Waals surface area contributed by atoms with Crippen molar-refractivity contribution in [3.05, 3.63) is 48.5 Å². The number of nitrogens with one attached hydrogen (secondary N) is 1. The zero-order chi connectivity index (χ0) is 19.2. The number of likely N-dealkylation sites (tertiary alicyclic amines) is 2. The molecule has 4 rings (SSSR count). The molecule has 1 unspecified atom stereocenters. The first-order valence-electron chi connectivity index (χ1n) is 10.5. The molecule has 3 heterocycles. The second kappa shape index (κ2) is 9.19. The Balaban J connectivity index is 1.32. The van der Waals surface area contributed by atoms with E-state index >= 15 is 0 Å². The van der Waals surface area contributed by atoms with Crippen LogP contribution in [0.3, 0.4) is 0 Å². The monoisotopic (exact) mass is 382 g/mol. The number of hydrogen-bond donors (Lipinski definition) is 1. The summed E-state index contributed by atoms with van der Waals surface area (Å²) in [5.74, 6) is 0. The van der Waals surface area contributed by atoms with E-state index in [1.807, 2.05) is 4.90 Å². The lowest BCUT2D eigenvalue weighted by atomic mass is 10.0. The van der Waals surface area contributed by atoms with Crippen LogP contribution in [0.15, 0.2) is 43.0 Å². The number of aromatic nitrogens is 3. The minimum absolute atomic E-state index is 0.0557. The summed E-state index contributed by atoms with van der Waals surface area (Å²) in [5, 5.41) is 11.0. The van der Waals surface area contributed by atoms with Crippen LogP contribution in [-0.2, 0) is 0 Å². The minimum atomic E-state index is 0.0557. The van der Waals surface area contributed by atoms with Crippen LogP contribution < -0.4 is 5.32 Å². The van der Waals surface area contributed by atoms with Crippen LogP contribution in [0.2, 0.25) is 0 Å². The Kier molecular flexibility index (Phi) is 6.21. The van der Waals surface area contributed by atoms with Crippen molar-refractivity contribution in [1.29, 1.82) is 0 Å². The van der Waals surface area contributed by atoms with Gasteiger partial charge in [-0.1, -0.05) is 36.8 Å². The number of amides is 2. The van der Waals surface area contributed by atoms with Gasteiger partial charge in [0, 0.05) is 25.7 Å². The molecule has 7 nitrogen and oxygen atoms in total. The largest absolute Gasteiger partial charge is 0.336 e. The molecule has 1 aromatic heterocycles. The van der Waals surface area contributed by atoms with Gasteiger partial charge in [-0.2, -0.15) is 0 Å². The number of benzene rings is 1. The van der Waals surface area contributed by atoms with Gasteiger partial charge in [0.1, 0.15) is 12.7 Å². The molecule has 0 aliphatic carbocycles. The quantitative estimate of drug-likeness (QED) is 0.864. The lowest BCUT2D eigenvalue weighted by molar-refractivity contribution is 0.148. The number of carbonyl (C=O) groups is 1. The summed E-state index contributed by atoms with van der Waals surface area (Å²) in [6.07, 6.45) is 9.22. The molecule has 1 atom stereocenters. The summed E-state index contributed by atoms with van der Waals surface area (Å²) >= 11 is 0. The highest BCUT2D eigenvalue weighted by Gasteiger charge is 2.26. The summed E-state index contributed by atoms with van der Waals surface area (Å²) in [5.41, 5.74) is 1.29. The lowest BCUT2D eigenvalue weighted by Crippen LogP contribution is -2.47.